The summed E-state index contributed by atoms with van der Waals surface area (Å²) >= 11 is 0. The fourth-order valence-electron chi connectivity index (χ4n) is 4.53. The average Bonchev–Trinajstić information content (AvgIpc) is 3.30. The van der Waals surface area contributed by atoms with E-state index in [2.05, 4.69) is 17.4 Å². The lowest BCUT2D eigenvalue weighted by Crippen LogP contribution is -2.38. The van der Waals surface area contributed by atoms with Crippen molar-refractivity contribution in [3.05, 3.63) is 95.1 Å². The summed E-state index contributed by atoms with van der Waals surface area (Å²) in [6.07, 6.45) is -0.926. The standard InChI is InChI=1S/C27H22N2O6/c1-16(14-24(30)35-29-25(31)21-12-6-7-13-22(21)26(29)32)28-27(33)34-15-23-19-10-4-2-8-17(19)18-9-3-5-11-20(18)23/h2-13,16,23H,14-15H2,1H3,(H,28,33)/t16-/m1/s1. The zero-order valence-electron chi connectivity index (χ0n) is 18.9. The zero-order valence-corrected chi connectivity index (χ0v) is 18.9. The lowest BCUT2D eigenvalue weighted by molar-refractivity contribution is -0.169. The molecule has 176 valence electrons. The molecule has 0 saturated heterocycles. The van der Waals surface area contributed by atoms with Crippen molar-refractivity contribution in [3.8, 4) is 11.1 Å². The summed E-state index contributed by atoms with van der Waals surface area (Å²) in [5.41, 5.74) is 4.80. The number of hydrogen-bond acceptors (Lipinski definition) is 6. The number of ether oxygens (including phenoxy) is 1. The van der Waals surface area contributed by atoms with Crippen LogP contribution in [0.2, 0.25) is 0 Å². The van der Waals surface area contributed by atoms with E-state index in [4.69, 9.17) is 9.57 Å². The number of fused-ring (bicyclic) bond motifs is 4. The summed E-state index contributed by atoms with van der Waals surface area (Å²) in [6.45, 7) is 1.75. The van der Waals surface area contributed by atoms with Crippen molar-refractivity contribution in [2.75, 3.05) is 6.61 Å². The van der Waals surface area contributed by atoms with E-state index >= 15 is 0 Å². The fraction of sp³-hybridized carbons (Fsp3) is 0.185. The van der Waals surface area contributed by atoms with Gasteiger partial charge in [0, 0.05) is 12.0 Å². The van der Waals surface area contributed by atoms with Crippen LogP contribution in [0.5, 0.6) is 0 Å². The molecular formula is C27H22N2O6. The molecule has 0 aromatic heterocycles. The lowest BCUT2D eigenvalue weighted by atomic mass is 9.98. The number of nitrogens with one attached hydrogen (secondary N) is 1. The van der Waals surface area contributed by atoms with E-state index in [9.17, 15) is 19.2 Å². The maximum absolute atomic E-state index is 12.4. The van der Waals surface area contributed by atoms with Gasteiger partial charge in [-0.2, -0.15) is 0 Å². The van der Waals surface area contributed by atoms with Crippen LogP contribution < -0.4 is 5.32 Å². The van der Waals surface area contributed by atoms with Crippen molar-refractivity contribution in [1.82, 2.24) is 10.4 Å². The van der Waals surface area contributed by atoms with Crippen LogP contribution in [0.3, 0.4) is 0 Å². The fourth-order valence-corrected chi connectivity index (χ4v) is 4.53. The van der Waals surface area contributed by atoms with E-state index in [1.165, 1.54) is 12.1 Å². The smallest absolute Gasteiger partial charge is 0.407 e. The number of carbonyl (C=O) groups excluding carboxylic acids is 4. The van der Waals surface area contributed by atoms with E-state index in [-0.39, 0.29) is 30.1 Å². The molecule has 0 spiro atoms. The number of hydroxylamine groups is 2. The SMILES string of the molecule is C[C@H](CC(=O)ON1C(=O)c2ccccc2C1=O)NC(=O)OCC1c2ccccc2-c2ccccc21. The largest absolute Gasteiger partial charge is 0.449 e. The Morgan fingerprint density at radius 2 is 1.31 bits per heavy atom. The molecule has 2 aliphatic rings. The zero-order chi connectivity index (χ0) is 24.5. The molecular weight excluding hydrogens is 448 g/mol. The van der Waals surface area contributed by atoms with Gasteiger partial charge in [-0.1, -0.05) is 65.7 Å². The molecule has 8 heteroatoms. The summed E-state index contributed by atoms with van der Waals surface area (Å²) < 4.78 is 5.48. The third-order valence-corrected chi connectivity index (χ3v) is 6.13. The minimum Gasteiger partial charge on any atom is -0.449 e. The minimum absolute atomic E-state index is 0.0813. The molecule has 3 aromatic rings. The number of imide groups is 1. The van der Waals surface area contributed by atoms with Gasteiger partial charge in [-0.05, 0) is 41.3 Å². The number of rotatable bonds is 6. The maximum Gasteiger partial charge on any atom is 0.407 e. The molecule has 0 bridgehead atoms. The summed E-state index contributed by atoms with van der Waals surface area (Å²) in [6, 6.07) is 21.6. The number of benzene rings is 3. The predicted molar refractivity (Wildman–Crippen MR) is 125 cm³/mol. The predicted octanol–water partition coefficient (Wildman–Crippen LogP) is 4.06. The van der Waals surface area contributed by atoms with Gasteiger partial charge in [0.2, 0.25) is 0 Å². The van der Waals surface area contributed by atoms with Gasteiger partial charge in [-0.25, -0.2) is 9.59 Å². The number of nitrogens with zero attached hydrogens (tertiary/aromatic N) is 1. The molecule has 0 unspecified atom stereocenters. The van der Waals surface area contributed by atoms with Crippen molar-refractivity contribution >= 4 is 23.9 Å². The number of alkyl carbamates (subject to hydrolysis) is 1. The van der Waals surface area contributed by atoms with Crippen LogP contribution in [-0.2, 0) is 14.4 Å². The minimum atomic E-state index is -0.828. The first kappa shape index (κ1) is 22.3. The van der Waals surface area contributed by atoms with E-state index in [0.717, 1.165) is 22.3 Å². The first-order valence-corrected chi connectivity index (χ1v) is 11.2. The molecule has 0 saturated carbocycles. The van der Waals surface area contributed by atoms with Gasteiger partial charge >= 0.3 is 12.1 Å². The van der Waals surface area contributed by atoms with E-state index in [1.807, 2.05) is 36.4 Å². The van der Waals surface area contributed by atoms with E-state index in [0.29, 0.717) is 5.06 Å². The second-order valence-corrected chi connectivity index (χ2v) is 8.49. The number of amides is 3. The Morgan fingerprint density at radius 1 is 0.829 bits per heavy atom. The first-order valence-electron chi connectivity index (χ1n) is 11.2. The normalized spacial score (nSPS) is 14.7. The Hall–Kier alpha value is -4.46. The lowest BCUT2D eigenvalue weighted by Gasteiger charge is -2.18. The highest BCUT2D eigenvalue weighted by Gasteiger charge is 2.38. The van der Waals surface area contributed by atoms with Crippen molar-refractivity contribution in [2.24, 2.45) is 0 Å². The summed E-state index contributed by atoms with van der Waals surface area (Å²) in [4.78, 5) is 54.4. The molecule has 1 atom stereocenters. The van der Waals surface area contributed by atoms with Crippen LogP contribution in [0.25, 0.3) is 11.1 Å². The highest BCUT2D eigenvalue weighted by molar-refractivity contribution is 6.20. The molecule has 1 aliphatic heterocycles. The Kier molecular flexibility index (Phi) is 5.78. The Bertz CT molecular complexity index is 1270. The van der Waals surface area contributed by atoms with Gasteiger partial charge in [-0.3, -0.25) is 9.59 Å². The third kappa shape index (κ3) is 4.14. The van der Waals surface area contributed by atoms with Gasteiger partial charge in [0.25, 0.3) is 11.8 Å². The number of carbonyl (C=O) groups is 4. The van der Waals surface area contributed by atoms with Gasteiger partial charge in [0.15, 0.2) is 0 Å². The van der Waals surface area contributed by atoms with Crippen LogP contribution in [0.4, 0.5) is 4.79 Å². The van der Waals surface area contributed by atoms with Crippen LogP contribution in [-0.4, -0.2) is 41.6 Å². The van der Waals surface area contributed by atoms with Gasteiger partial charge in [0.05, 0.1) is 17.5 Å². The van der Waals surface area contributed by atoms with E-state index in [1.54, 1.807) is 19.1 Å². The topological polar surface area (TPSA) is 102 Å². The summed E-state index contributed by atoms with van der Waals surface area (Å²) in [5.74, 6) is -2.31. The molecule has 3 aromatic carbocycles. The molecule has 3 amide bonds. The average molecular weight is 470 g/mol. The molecule has 0 fully saturated rings. The van der Waals surface area contributed by atoms with Crippen LogP contribution in [0.15, 0.2) is 72.8 Å². The summed E-state index contributed by atoms with van der Waals surface area (Å²) in [5, 5.41) is 3.05. The van der Waals surface area contributed by atoms with Crippen molar-refractivity contribution in [1.29, 1.82) is 0 Å². The Labute approximate surface area is 201 Å². The highest BCUT2D eigenvalue weighted by Crippen LogP contribution is 2.44. The van der Waals surface area contributed by atoms with Crippen LogP contribution >= 0.6 is 0 Å². The highest BCUT2D eigenvalue weighted by atomic mass is 16.7. The molecule has 1 N–H and O–H groups in total. The molecule has 35 heavy (non-hydrogen) atoms. The second kappa shape index (κ2) is 9.06. The van der Waals surface area contributed by atoms with Crippen molar-refractivity contribution < 1.29 is 28.8 Å². The molecule has 0 radical (unpaired) electrons. The summed E-state index contributed by atoms with van der Waals surface area (Å²) in [7, 11) is 0. The monoisotopic (exact) mass is 470 g/mol. The van der Waals surface area contributed by atoms with Crippen molar-refractivity contribution in [2.45, 2.75) is 25.3 Å². The molecule has 8 nitrogen and oxygen atoms in total. The molecule has 1 aliphatic carbocycles. The molecule has 5 rings (SSSR count). The first-order chi connectivity index (χ1) is 16.9. The van der Waals surface area contributed by atoms with Crippen molar-refractivity contribution in [3.63, 3.8) is 0 Å². The number of hydrogen-bond donors (Lipinski definition) is 1. The second-order valence-electron chi connectivity index (χ2n) is 8.49. The van der Waals surface area contributed by atoms with Crippen LogP contribution in [0, 0.1) is 0 Å². The van der Waals surface area contributed by atoms with E-state index < -0.39 is 29.9 Å². The van der Waals surface area contributed by atoms with Crippen LogP contribution in [0.1, 0.15) is 51.1 Å². The van der Waals surface area contributed by atoms with Gasteiger partial charge in [0.1, 0.15) is 6.61 Å². The quantitative estimate of drug-likeness (QED) is 0.545. The van der Waals surface area contributed by atoms with Gasteiger partial charge < -0.3 is 14.9 Å². The Morgan fingerprint density at radius 3 is 1.86 bits per heavy atom. The maximum atomic E-state index is 12.4. The Balaban J connectivity index is 1.14. The third-order valence-electron chi connectivity index (χ3n) is 6.13. The molecule has 1 heterocycles. The van der Waals surface area contributed by atoms with Gasteiger partial charge in [-0.15, -0.1) is 0 Å².